The molecule has 1 aromatic heterocycles. The van der Waals surface area contributed by atoms with Gasteiger partial charge in [-0.1, -0.05) is 0 Å². The summed E-state index contributed by atoms with van der Waals surface area (Å²) < 4.78 is 5.32. The Balaban J connectivity index is 2.16. The van der Waals surface area contributed by atoms with Crippen molar-refractivity contribution in [1.29, 1.82) is 0 Å². The van der Waals surface area contributed by atoms with E-state index < -0.39 is 4.92 Å². The van der Waals surface area contributed by atoms with Gasteiger partial charge >= 0.3 is 5.82 Å². The molecule has 0 bridgehead atoms. The van der Waals surface area contributed by atoms with E-state index in [0.717, 1.165) is 25.9 Å². The Bertz CT molecular complexity index is 411. The van der Waals surface area contributed by atoms with Crippen LogP contribution in [0, 0.1) is 10.1 Å². The third kappa shape index (κ3) is 2.71. The summed E-state index contributed by atoms with van der Waals surface area (Å²) in [6, 6.07) is 4.86. The normalized spacial score (nSPS) is 20.3. The molecule has 2 heterocycles. The highest BCUT2D eigenvalue weighted by atomic mass is 16.6. The molecule has 2 rings (SSSR count). The molecule has 1 saturated heterocycles. The van der Waals surface area contributed by atoms with Gasteiger partial charge in [0.2, 0.25) is 5.82 Å². The van der Waals surface area contributed by atoms with Crippen molar-refractivity contribution in [3.63, 3.8) is 0 Å². The lowest BCUT2D eigenvalue weighted by molar-refractivity contribution is -0.389. The van der Waals surface area contributed by atoms with Crippen LogP contribution in [-0.4, -0.2) is 36.2 Å². The van der Waals surface area contributed by atoms with E-state index in [0.29, 0.717) is 5.82 Å². The summed E-state index contributed by atoms with van der Waals surface area (Å²) in [5.41, 5.74) is 0. The number of hydrogen-bond acceptors (Lipinski definition) is 5. The van der Waals surface area contributed by atoms with E-state index in [1.165, 1.54) is 6.07 Å². The summed E-state index contributed by atoms with van der Waals surface area (Å²) in [5.74, 6) is 0.544. The van der Waals surface area contributed by atoms with Gasteiger partial charge in [-0.2, -0.15) is 0 Å². The monoisotopic (exact) mass is 237 g/mol. The molecule has 0 N–H and O–H groups in total. The van der Waals surface area contributed by atoms with Crippen molar-refractivity contribution in [3.8, 4) is 0 Å². The van der Waals surface area contributed by atoms with Crippen molar-refractivity contribution < 1.29 is 9.66 Å². The maximum absolute atomic E-state index is 10.7. The number of nitrogens with zero attached hydrogens (tertiary/aromatic N) is 3. The van der Waals surface area contributed by atoms with E-state index in [1.807, 2.05) is 4.90 Å². The third-order valence-electron chi connectivity index (χ3n) is 2.94. The molecule has 6 heteroatoms. The average Bonchev–Trinajstić information content (AvgIpc) is 2.39. The van der Waals surface area contributed by atoms with Gasteiger partial charge in [0, 0.05) is 32.3 Å². The quantitative estimate of drug-likeness (QED) is 0.590. The molecule has 17 heavy (non-hydrogen) atoms. The second-order valence-corrected chi connectivity index (χ2v) is 4.06. The Morgan fingerprint density at radius 1 is 1.59 bits per heavy atom. The summed E-state index contributed by atoms with van der Waals surface area (Å²) in [6.07, 6.45) is 2.23. The molecule has 1 atom stereocenters. The van der Waals surface area contributed by atoms with Gasteiger partial charge in [0.1, 0.15) is 0 Å². The van der Waals surface area contributed by atoms with Crippen LogP contribution in [0.4, 0.5) is 11.6 Å². The number of pyridine rings is 1. The zero-order valence-electron chi connectivity index (χ0n) is 9.70. The lowest BCUT2D eigenvalue weighted by Crippen LogP contribution is -2.39. The first-order valence-corrected chi connectivity index (χ1v) is 5.60. The molecular formula is C11H15N3O3. The van der Waals surface area contributed by atoms with E-state index in [2.05, 4.69) is 4.98 Å². The number of nitro groups is 1. The van der Waals surface area contributed by atoms with E-state index in [1.54, 1.807) is 19.2 Å². The highest BCUT2D eigenvalue weighted by Crippen LogP contribution is 2.21. The van der Waals surface area contributed by atoms with Crippen molar-refractivity contribution in [1.82, 2.24) is 4.98 Å². The van der Waals surface area contributed by atoms with Gasteiger partial charge in [0.05, 0.1) is 6.10 Å². The molecular weight excluding hydrogens is 222 g/mol. The standard InChI is InChI=1S/C11H15N3O3/c1-17-9-4-3-7-13(8-9)10-5-2-6-11(12-10)14(15)16/h2,5-6,9H,3-4,7-8H2,1H3/t9-/m0/s1. The Morgan fingerprint density at radius 3 is 3.12 bits per heavy atom. The molecule has 0 aromatic carbocycles. The first kappa shape index (κ1) is 11.8. The predicted octanol–water partition coefficient (Wildman–Crippen LogP) is 1.60. The first-order chi connectivity index (χ1) is 8.20. The van der Waals surface area contributed by atoms with Crippen LogP contribution in [0.25, 0.3) is 0 Å². The van der Waals surface area contributed by atoms with Crippen molar-refractivity contribution in [2.75, 3.05) is 25.1 Å². The summed E-state index contributed by atoms with van der Waals surface area (Å²) in [4.78, 5) is 16.3. The van der Waals surface area contributed by atoms with Gasteiger partial charge in [-0.05, 0) is 28.8 Å². The Labute approximate surface area is 99.4 Å². The number of methoxy groups -OCH3 is 1. The maximum atomic E-state index is 10.7. The number of hydrogen-bond donors (Lipinski definition) is 0. The SMILES string of the molecule is CO[C@H]1CCCN(c2cccc([N+](=O)[O-])n2)C1. The molecule has 1 aromatic rings. The van der Waals surface area contributed by atoms with Crippen LogP contribution in [0.15, 0.2) is 18.2 Å². The van der Waals surface area contributed by atoms with Gasteiger partial charge in [-0.25, -0.2) is 0 Å². The molecule has 0 aliphatic carbocycles. The van der Waals surface area contributed by atoms with Gasteiger partial charge in [-0.3, -0.25) is 0 Å². The van der Waals surface area contributed by atoms with E-state index in [9.17, 15) is 10.1 Å². The Morgan fingerprint density at radius 2 is 2.41 bits per heavy atom. The Hall–Kier alpha value is -1.69. The van der Waals surface area contributed by atoms with Crippen LogP contribution in [0.5, 0.6) is 0 Å². The van der Waals surface area contributed by atoms with Crippen LogP contribution < -0.4 is 4.90 Å². The lowest BCUT2D eigenvalue weighted by Gasteiger charge is -2.30. The second-order valence-electron chi connectivity index (χ2n) is 4.06. The van der Waals surface area contributed by atoms with Gasteiger partial charge in [0.25, 0.3) is 0 Å². The van der Waals surface area contributed by atoms with E-state index in [4.69, 9.17) is 4.74 Å². The number of anilines is 1. The van der Waals surface area contributed by atoms with Crippen LogP contribution in [-0.2, 0) is 4.74 Å². The van der Waals surface area contributed by atoms with E-state index >= 15 is 0 Å². The highest BCUT2D eigenvalue weighted by molar-refractivity contribution is 5.42. The summed E-state index contributed by atoms with van der Waals surface area (Å²) in [7, 11) is 1.69. The van der Waals surface area contributed by atoms with Crippen molar-refractivity contribution in [2.45, 2.75) is 18.9 Å². The lowest BCUT2D eigenvalue weighted by atomic mass is 10.1. The van der Waals surface area contributed by atoms with Crippen molar-refractivity contribution >= 4 is 11.6 Å². The molecule has 0 amide bonds. The van der Waals surface area contributed by atoms with Gasteiger partial charge < -0.3 is 19.8 Å². The molecule has 0 spiro atoms. The van der Waals surface area contributed by atoms with Crippen LogP contribution in [0.2, 0.25) is 0 Å². The molecule has 6 nitrogen and oxygen atoms in total. The smallest absolute Gasteiger partial charge is 0.365 e. The molecule has 0 saturated carbocycles. The molecule has 0 unspecified atom stereocenters. The minimum absolute atomic E-state index is 0.109. The van der Waals surface area contributed by atoms with E-state index in [-0.39, 0.29) is 11.9 Å². The fraction of sp³-hybridized carbons (Fsp3) is 0.545. The number of ether oxygens (including phenoxy) is 1. The van der Waals surface area contributed by atoms with Crippen LogP contribution in [0.3, 0.4) is 0 Å². The third-order valence-corrected chi connectivity index (χ3v) is 2.94. The summed E-state index contributed by atoms with van der Waals surface area (Å²) in [5, 5.41) is 10.7. The molecule has 1 aliphatic rings. The summed E-state index contributed by atoms with van der Waals surface area (Å²) in [6.45, 7) is 1.61. The molecule has 92 valence electrons. The second kappa shape index (κ2) is 5.09. The highest BCUT2D eigenvalue weighted by Gasteiger charge is 2.23. The number of piperidine rings is 1. The Kier molecular flexibility index (Phi) is 3.53. The van der Waals surface area contributed by atoms with Crippen LogP contribution in [0.1, 0.15) is 12.8 Å². The van der Waals surface area contributed by atoms with Crippen molar-refractivity contribution in [3.05, 3.63) is 28.3 Å². The molecule has 0 radical (unpaired) electrons. The van der Waals surface area contributed by atoms with Crippen LogP contribution >= 0.6 is 0 Å². The fourth-order valence-electron chi connectivity index (χ4n) is 2.03. The van der Waals surface area contributed by atoms with Gasteiger partial charge in [-0.15, -0.1) is 0 Å². The number of aromatic nitrogens is 1. The topological polar surface area (TPSA) is 68.5 Å². The minimum Gasteiger partial charge on any atom is -0.380 e. The first-order valence-electron chi connectivity index (χ1n) is 5.60. The fourth-order valence-corrected chi connectivity index (χ4v) is 2.03. The minimum atomic E-state index is -0.471. The maximum Gasteiger partial charge on any atom is 0.365 e. The molecule has 1 fully saturated rings. The zero-order chi connectivity index (χ0) is 12.3. The predicted molar refractivity (Wildman–Crippen MR) is 63.1 cm³/mol. The number of rotatable bonds is 3. The average molecular weight is 237 g/mol. The molecule has 1 aliphatic heterocycles. The largest absolute Gasteiger partial charge is 0.380 e. The van der Waals surface area contributed by atoms with Crippen molar-refractivity contribution in [2.24, 2.45) is 0 Å². The summed E-state index contributed by atoms with van der Waals surface area (Å²) >= 11 is 0. The zero-order valence-corrected chi connectivity index (χ0v) is 9.70. The van der Waals surface area contributed by atoms with Gasteiger partial charge in [0.15, 0.2) is 0 Å².